The van der Waals surface area contributed by atoms with Crippen LogP contribution in [-0.4, -0.2) is 35.1 Å². The molecule has 0 unspecified atom stereocenters. The number of amides is 1. The summed E-state index contributed by atoms with van der Waals surface area (Å²) in [5.74, 6) is 0.277. The molecule has 7 nitrogen and oxygen atoms in total. The van der Waals surface area contributed by atoms with Crippen molar-refractivity contribution < 1.29 is 22.7 Å². The first kappa shape index (κ1) is 23.4. The Labute approximate surface area is 192 Å². The van der Waals surface area contributed by atoms with Crippen LogP contribution in [0.25, 0.3) is 0 Å². The largest absolute Gasteiger partial charge is 0.497 e. The van der Waals surface area contributed by atoms with E-state index in [0.29, 0.717) is 16.5 Å². The number of aryl methyl sites for hydroxylation is 1. The predicted octanol–water partition coefficient (Wildman–Crippen LogP) is 4.50. The third-order valence-electron chi connectivity index (χ3n) is 4.66. The molecule has 9 heteroatoms. The molecule has 0 aliphatic rings. The van der Waals surface area contributed by atoms with Gasteiger partial charge in [-0.2, -0.15) is 0 Å². The molecule has 0 spiro atoms. The number of methoxy groups -OCH3 is 2. The fourth-order valence-electron chi connectivity index (χ4n) is 3.03. The molecular formula is C23H23ClN2O5S. The lowest BCUT2D eigenvalue weighted by atomic mass is 10.2. The molecule has 0 radical (unpaired) electrons. The van der Waals surface area contributed by atoms with Gasteiger partial charge in [-0.25, -0.2) is 8.42 Å². The summed E-state index contributed by atoms with van der Waals surface area (Å²) < 4.78 is 38.6. The Morgan fingerprint density at radius 1 is 1.00 bits per heavy atom. The Morgan fingerprint density at radius 2 is 1.72 bits per heavy atom. The Hall–Kier alpha value is -3.23. The van der Waals surface area contributed by atoms with Crippen molar-refractivity contribution in [2.24, 2.45) is 0 Å². The van der Waals surface area contributed by atoms with Crippen LogP contribution in [0, 0.1) is 6.92 Å². The second kappa shape index (κ2) is 9.93. The van der Waals surface area contributed by atoms with Crippen LogP contribution in [0.5, 0.6) is 11.5 Å². The first-order valence-corrected chi connectivity index (χ1v) is 11.4. The van der Waals surface area contributed by atoms with E-state index in [-0.39, 0.29) is 16.3 Å². The molecule has 168 valence electrons. The van der Waals surface area contributed by atoms with E-state index in [2.05, 4.69) is 5.32 Å². The molecule has 32 heavy (non-hydrogen) atoms. The Balaban J connectivity index is 2.01. The summed E-state index contributed by atoms with van der Waals surface area (Å²) in [7, 11) is -1.18. The maximum atomic E-state index is 13.5. The number of halogens is 1. The van der Waals surface area contributed by atoms with E-state index in [4.69, 9.17) is 21.1 Å². The molecular weight excluding hydrogens is 452 g/mol. The van der Waals surface area contributed by atoms with E-state index in [1.54, 1.807) is 48.5 Å². The molecule has 0 aliphatic carbocycles. The van der Waals surface area contributed by atoms with Gasteiger partial charge in [-0.15, -0.1) is 0 Å². The van der Waals surface area contributed by atoms with Crippen LogP contribution < -0.4 is 19.1 Å². The number of anilines is 2. The summed E-state index contributed by atoms with van der Waals surface area (Å²) in [6, 6.07) is 17.7. The van der Waals surface area contributed by atoms with Crippen molar-refractivity contribution in [2.75, 3.05) is 30.4 Å². The second-order valence-corrected chi connectivity index (χ2v) is 9.22. The number of carbonyl (C=O) groups excluding carboxylic acids is 1. The average molecular weight is 475 g/mol. The van der Waals surface area contributed by atoms with Gasteiger partial charge in [0.25, 0.3) is 10.0 Å². The van der Waals surface area contributed by atoms with Crippen LogP contribution in [0.2, 0.25) is 5.02 Å². The van der Waals surface area contributed by atoms with Gasteiger partial charge in [-0.3, -0.25) is 9.10 Å². The van der Waals surface area contributed by atoms with Crippen LogP contribution in [0.15, 0.2) is 71.6 Å². The van der Waals surface area contributed by atoms with Crippen molar-refractivity contribution in [3.8, 4) is 11.5 Å². The second-order valence-electron chi connectivity index (χ2n) is 6.92. The fraction of sp³-hybridized carbons (Fsp3) is 0.174. The lowest BCUT2D eigenvalue weighted by Crippen LogP contribution is -2.38. The molecule has 0 bridgehead atoms. The minimum Gasteiger partial charge on any atom is -0.497 e. The predicted molar refractivity (Wildman–Crippen MR) is 125 cm³/mol. The number of sulfonamides is 1. The zero-order valence-corrected chi connectivity index (χ0v) is 19.4. The number of hydrogen-bond donors (Lipinski definition) is 1. The zero-order chi connectivity index (χ0) is 23.3. The Kier molecular flexibility index (Phi) is 7.27. The molecule has 0 saturated heterocycles. The van der Waals surface area contributed by atoms with E-state index in [1.807, 2.05) is 6.92 Å². The number of benzene rings is 3. The highest BCUT2D eigenvalue weighted by Crippen LogP contribution is 2.35. The molecule has 0 atom stereocenters. The highest BCUT2D eigenvalue weighted by Gasteiger charge is 2.29. The first-order valence-electron chi connectivity index (χ1n) is 9.61. The van der Waals surface area contributed by atoms with Gasteiger partial charge in [0.2, 0.25) is 5.91 Å². The van der Waals surface area contributed by atoms with Gasteiger partial charge >= 0.3 is 0 Å². The number of ether oxygens (including phenoxy) is 2. The Bertz CT molecular complexity index is 1210. The number of rotatable bonds is 8. The highest BCUT2D eigenvalue weighted by atomic mass is 35.5. The summed E-state index contributed by atoms with van der Waals surface area (Å²) in [4.78, 5) is 12.9. The van der Waals surface area contributed by atoms with Crippen molar-refractivity contribution in [3.63, 3.8) is 0 Å². The lowest BCUT2D eigenvalue weighted by molar-refractivity contribution is -0.114. The van der Waals surface area contributed by atoms with Crippen molar-refractivity contribution in [1.82, 2.24) is 0 Å². The maximum absolute atomic E-state index is 13.5. The average Bonchev–Trinajstić information content (AvgIpc) is 2.77. The van der Waals surface area contributed by atoms with E-state index < -0.39 is 22.5 Å². The quantitative estimate of drug-likeness (QED) is 0.519. The molecule has 3 aromatic carbocycles. The third-order valence-corrected chi connectivity index (χ3v) is 6.67. The zero-order valence-electron chi connectivity index (χ0n) is 17.8. The van der Waals surface area contributed by atoms with Crippen LogP contribution in [0.3, 0.4) is 0 Å². The van der Waals surface area contributed by atoms with Gasteiger partial charge < -0.3 is 14.8 Å². The van der Waals surface area contributed by atoms with Crippen LogP contribution in [0.1, 0.15) is 5.56 Å². The van der Waals surface area contributed by atoms with Gasteiger partial charge in [0, 0.05) is 16.8 Å². The smallest absolute Gasteiger partial charge is 0.264 e. The molecule has 3 aromatic rings. The van der Waals surface area contributed by atoms with Crippen molar-refractivity contribution in [3.05, 3.63) is 77.3 Å². The maximum Gasteiger partial charge on any atom is 0.264 e. The number of nitrogens with zero attached hydrogens (tertiary/aromatic N) is 1. The third kappa shape index (κ3) is 5.33. The van der Waals surface area contributed by atoms with E-state index in [0.717, 1.165) is 9.87 Å². The van der Waals surface area contributed by atoms with Gasteiger partial charge in [0.1, 0.15) is 18.0 Å². The monoisotopic (exact) mass is 474 g/mol. The molecule has 1 amide bonds. The lowest BCUT2D eigenvalue weighted by Gasteiger charge is -2.26. The standard InChI is InChI=1S/C23H23ClN2O5S/c1-16-7-10-20(11-8-16)32(28,29)26(21-13-17(24)9-12-22(21)31-3)15-23(27)25-18-5-4-6-19(14-18)30-2/h4-14H,15H2,1-3H3,(H,25,27). The summed E-state index contributed by atoms with van der Waals surface area (Å²) in [6.45, 7) is 1.36. The fourth-order valence-corrected chi connectivity index (χ4v) is 4.62. The van der Waals surface area contributed by atoms with Crippen molar-refractivity contribution >= 4 is 38.9 Å². The van der Waals surface area contributed by atoms with E-state index in [1.165, 1.54) is 32.4 Å². The summed E-state index contributed by atoms with van der Waals surface area (Å²) in [6.07, 6.45) is 0. The molecule has 0 aliphatic heterocycles. The number of hydrogen-bond acceptors (Lipinski definition) is 5. The SMILES string of the molecule is COc1cccc(NC(=O)CN(c2cc(Cl)ccc2OC)S(=O)(=O)c2ccc(C)cc2)c1. The molecule has 0 aromatic heterocycles. The minimum absolute atomic E-state index is 0.0410. The van der Waals surface area contributed by atoms with Crippen molar-refractivity contribution in [2.45, 2.75) is 11.8 Å². The van der Waals surface area contributed by atoms with Gasteiger partial charge in [-0.1, -0.05) is 35.4 Å². The van der Waals surface area contributed by atoms with Crippen LogP contribution in [-0.2, 0) is 14.8 Å². The highest BCUT2D eigenvalue weighted by molar-refractivity contribution is 7.92. The number of nitrogens with one attached hydrogen (secondary N) is 1. The number of carbonyl (C=O) groups is 1. The molecule has 0 fully saturated rings. The van der Waals surface area contributed by atoms with Crippen molar-refractivity contribution in [1.29, 1.82) is 0 Å². The molecule has 0 heterocycles. The molecule has 3 rings (SSSR count). The minimum atomic E-state index is -4.11. The summed E-state index contributed by atoms with van der Waals surface area (Å²) >= 11 is 6.14. The summed E-state index contributed by atoms with van der Waals surface area (Å²) in [5, 5.41) is 3.01. The first-order chi connectivity index (χ1) is 15.2. The van der Waals surface area contributed by atoms with Crippen LogP contribution in [0.4, 0.5) is 11.4 Å². The van der Waals surface area contributed by atoms with E-state index >= 15 is 0 Å². The topological polar surface area (TPSA) is 84.9 Å². The normalized spacial score (nSPS) is 11.0. The van der Waals surface area contributed by atoms with E-state index in [9.17, 15) is 13.2 Å². The van der Waals surface area contributed by atoms with Gasteiger partial charge in [0.05, 0.1) is 24.8 Å². The van der Waals surface area contributed by atoms with Crippen LogP contribution >= 0.6 is 11.6 Å². The Morgan fingerprint density at radius 3 is 2.38 bits per heavy atom. The molecule has 1 N–H and O–H groups in total. The summed E-state index contributed by atoms with van der Waals surface area (Å²) in [5.41, 5.74) is 1.54. The van der Waals surface area contributed by atoms with Gasteiger partial charge in [0.15, 0.2) is 0 Å². The van der Waals surface area contributed by atoms with Gasteiger partial charge in [-0.05, 0) is 49.4 Å². The molecule has 0 saturated carbocycles.